The molecule has 0 aromatic carbocycles. The molecular formula is C10H13N4O6P. The van der Waals surface area contributed by atoms with Crippen molar-refractivity contribution in [1.29, 1.82) is 0 Å². The Kier molecular flexibility index (Phi) is 3.64. The Balaban J connectivity index is 1.75. The van der Waals surface area contributed by atoms with E-state index in [1.807, 2.05) is 0 Å². The summed E-state index contributed by atoms with van der Waals surface area (Å²) in [6.07, 6.45) is 3.37. The molecule has 1 aliphatic heterocycles. The zero-order chi connectivity index (χ0) is 15.0. The van der Waals surface area contributed by atoms with Crippen LogP contribution in [0.15, 0.2) is 17.3 Å². The summed E-state index contributed by atoms with van der Waals surface area (Å²) in [7, 11) is -4.50. The molecule has 0 unspecified atom stereocenters. The molecule has 3 heterocycles. The van der Waals surface area contributed by atoms with Crippen molar-refractivity contribution in [2.45, 2.75) is 25.2 Å². The maximum atomic E-state index is 11.5. The SMILES string of the molecule is O=c1[nH]ncc2c1ncn2[C@H]1CC[C@@H](COP(=O)(O)O)O1. The van der Waals surface area contributed by atoms with Crippen LogP contribution >= 0.6 is 7.82 Å². The predicted molar refractivity (Wildman–Crippen MR) is 69.3 cm³/mol. The average Bonchev–Trinajstić information content (AvgIpc) is 3.02. The second kappa shape index (κ2) is 5.32. The van der Waals surface area contributed by atoms with Crippen molar-refractivity contribution in [3.8, 4) is 0 Å². The molecule has 3 rings (SSSR count). The fourth-order valence-electron chi connectivity index (χ4n) is 2.30. The van der Waals surface area contributed by atoms with Gasteiger partial charge in [-0.05, 0) is 12.8 Å². The number of nitrogens with one attached hydrogen (secondary N) is 1. The average molecular weight is 316 g/mol. The molecule has 114 valence electrons. The number of aromatic amines is 1. The standard InChI is InChI=1S/C10H13N4O6P/c15-10-9-7(3-12-13-10)14(5-11-9)8-2-1-6(20-8)4-19-21(16,17)18/h3,5-6,8H,1-2,4H2,(H,13,15)(H2,16,17,18)/t6-,8+/m0/s1. The summed E-state index contributed by atoms with van der Waals surface area (Å²) in [5.74, 6) is 0. The van der Waals surface area contributed by atoms with Gasteiger partial charge >= 0.3 is 7.82 Å². The molecule has 0 aliphatic carbocycles. The summed E-state index contributed by atoms with van der Waals surface area (Å²) in [6.45, 7) is -0.188. The molecule has 21 heavy (non-hydrogen) atoms. The highest BCUT2D eigenvalue weighted by molar-refractivity contribution is 7.46. The first kappa shape index (κ1) is 14.4. The zero-order valence-corrected chi connectivity index (χ0v) is 11.6. The number of nitrogens with zero attached hydrogens (tertiary/aromatic N) is 3. The first-order valence-electron chi connectivity index (χ1n) is 6.20. The molecule has 2 atom stereocenters. The van der Waals surface area contributed by atoms with Crippen LogP contribution in [0, 0.1) is 0 Å². The van der Waals surface area contributed by atoms with Crippen LogP contribution in [0.2, 0.25) is 0 Å². The number of phosphoric ester groups is 1. The highest BCUT2D eigenvalue weighted by atomic mass is 31.2. The van der Waals surface area contributed by atoms with Crippen LogP contribution in [0.25, 0.3) is 11.0 Å². The van der Waals surface area contributed by atoms with E-state index in [4.69, 9.17) is 14.5 Å². The first-order valence-corrected chi connectivity index (χ1v) is 7.73. The van der Waals surface area contributed by atoms with Crippen LogP contribution < -0.4 is 5.56 Å². The second-order valence-corrected chi connectivity index (χ2v) is 5.90. The number of imidazole rings is 1. The van der Waals surface area contributed by atoms with Gasteiger partial charge in [0.25, 0.3) is 5.56 Å². The Hall–Kier alpha value is -1.58. The molecule has 1 fully saturated rings. The monoisotopic (exact) mass is 316 g/mol. The fraction of sp³-hybridized carbons (Fsp3) is 0.500. The summed E-state index contributed by atoms with van der Waals surface area (Å²) < 4.78 is 22.4. The normalized spacial score (nSPS) is 23.0. The number of aromatic nitrogens is 4. The third-order valence-electron chi connectivity index (χ3n) is 3.22. The van der Waals surface area contributed by atoms with Gasteiger partial charge in [-0.25, -0.2) is 14.6 Å². The van der Waals surface area contributed by atoms with E-state index < -0.39 is 13.9 Å². The minimum Gasteiger partial charge on any atom is -0.352 e. The lowest BCUT2D eigenvalue weighted by Gasteiger charge is -2.15. The van der Waals surface area contributed by atoms with Crippen LogP contribution in [-0.2, 0) is 13.8 Å². The Morgan fingerprint density at radius 1 is 1.52 bits per heavy atom. The lowest BCUT2D eigenvalue weighted by molar-refractivity contribution is -0.0203. The van der Waals surface area contributed by atoms with Gasteiger partial charge in [0.15, 0.2) is 5.52 Å². The third kappa shape index (κ3) is 3.04. The van der Waals surface area contributed by atoms with Crippen LogP contribution in [0.5, 0.6) is 0 Å². The third-order valence-corrected chi connectivity index (χ3v) is 3.71. The van der Waals surface area contributed by atoms with Crippen LogP contribution in [0.4, 0.5) is 0 Å². The van der Waals surface area contributed by atoms with Gasteiger partial charge in [0.2, 0.25) is 0 Å². The van der Waals surface area contributed by atoms with E-state index >= 15 is 0 Å². The van der Waals surface area contributed by atoms with Crippen molar-refractivity contribution in [1.82, 2.24) is 19.7 Å². The van der Waals surface area contributed by atoms with E-state index in [2.05, 4.69) is 19.7 Å². The van der Waals surface area contributed by atoms with Crippen molar-refractivity contribution in [2.24, 2.45) is 0 Å². The van der Waals surface area contributed by atoms with E-state index in [1.54, 1.807) is 4.57 Å². The Morgan fingerprint density at radius 2 is 2.33 bits per heavy atom. The van der Waals surface area contributed by atoms with Gasteiger partial charge < -0.3 is 19.1 Å². The van der Waals surface area contributed by atoms with Crippen molar-refractivity contribution in [3.05, 3.63) is 22.9 Å². The maximum absolute atomic E-state index is 11.5. The number of rotatable bonds is 4. The number of hydrogen-bond donors (Lipinski definition) is 3. The van der Waals surface area contributed by atoms with Crippen LogP contribution in [0.1, 0.15) is 19.1 Å². The van der Waals surface area contributed by atoms with Crippen molar-refractivity contribution < 1.29 is 23.6 Å². The molecule has 0 saturated carbocycles. The molecule has 1 saturated heterocycles. The Labute approximate surface area is 118 Å². The summed E-state index contributed by atoms with van der Waals surface area (Å²) in [6, 6.07) is 0. The van der Waals surface area contributed by atoms with Gasteiger partial charge in [-0.1, -0.05) is 0 Å². The lowest BCUT2D eigenvalue weighted by Crippen LogP contribution is -2.16. The lowest BCUT2D eigenvalue weighted by atomic mass is 10.2. The van der Waals surface area contributed by atoms with Gasteiger partial charge in [0, 0.05) is 0 Å². The minimum atomic E-state index is -4.50. The van der Waals surface area contributed by atoms with Gasteiger partial charge in [-0.2, -0.15) is 5.10 Å². The van der Waals surface area contributed by atoms with E-state index in [-0.39, 0.29) is 23.9 Å². The highest BCUT2D eigenvalue weighted by Crippen LogP contribution is 2.38. The Bertz CT molecular complexity index is 751. The van der Waals surface area contributed by atoms with Gasteiger partial charge in [-0.3, -0.25) is 9.32 Å². The molecular weight excluding hydrogens is 303 g/mol. The summed E-state index contributed by atoms with van der Waals surface area (Å²) in [4.78, 5) is 32.9. The highest BCUT2D eigenvalue weighted by Gasteiger charge is 2.29. The number of ether oxygens (including phenoxy) is 1. The number of H-pyrrole nitrogens is 1. The molecule has 3 N–H and O–H groups in total. The van der Waals surface area contributed by atoms with Crippen LogP contribution in [-0.4, -0.2) is 42.2 Å². The minimum absolute atomic E-state index is 0.188. The summed E-state index contributed by atoms with van der Waals surface area (Å²) >= 11 is 0. The van der Waals surface area contributed by atoms with Crippen molar-refractivity contribution in [2.75, 3.05) is 6.61 Å². The van der Waals surface area contributed by atoms with Gasteiger partial charge in [-0.15, -0.1) is 0 Å². The quantitative estimate of drug-likeness (QED) is 0.665. The first-order chi connectivity index (χ1) is 9.94. The van der Waals surface area contributed by atoms with Crippen LogP contribution in [0.3, 0.4) is 0 Å². The van der Waals surface area contributed by atoms with Gasteiger partial charge in [0.1, 0.15) is 6.23 Å². The van der Waals surface area contributed by atoms with E-state index in [1.165, 1.54) is 12.5 Å². The van der Waals surface area contributed by atoms with E-state index in [0.717, 1.165) is 0 Å². The molecule has 0 radical (unpaired) electrons. The molecule has 1 aliphatic rings. The molecule has 11 heteroatoms. The van der Waals surface area contributed by atoms with Gasteiger partial charge in [0.05, 0.1) is 30.8 Å². The maximum Gasteiger partial charge on any atom is 0.469 e. The molecule has 0 bridgehead atoms. The second-order valence-electron chi connectivity index (χ2n) is 4.66. The van der Waals surface area contributed by atoms with Crippen molar-refractivity contribution >= 4 is 18.9 Å². The molecule has 2 aromatic heterocycles. The Morgan fingerprint density at radius 3 is 3.10 bits per heavy atom. The number of hydrogen-bond acceptors (Lipinski definition) is 6. The molecule has 0 spiro atoms. The molecule has 0 amide bonds. The molecule has 10 nitrogen and oxygen atoms in total. The summed E-state index contributed by atoms with van der Waals surface area (Å²) in [5, 5.41) is 6.02. The fourth-order valence-corrected chi connectivity index (χ4v) is 2.66. The van der Waals surface area contributed by atoms with E-state index in [0.29, 0.717) is 18.4 Å². The number of phosphoric acid groups is 1. The predicted octanol–water partition coefficient (Wildman–Crippen LogP) is -0.0935. The summed E-state index contributed by atoms with van der Waals surface area (Å²) in [5.41, 5.74) is 0.425. The smallest absolute Gasteiger partial charge is 0.352 e. The zero-order valence-electron chi connectivity index (χ0n) is 10.7. The largest absolute Gasteiger partial charge is 0.469 e. The topological polar surface area (TPSA) is 140 Å². The number of fused-ring (bicyclic) bond motifs is 1. The molecule has 2 aromatic rings. The van der Waals surface area contributed by atoms with Crippen molar-refractivity contribution in [3.63, 3.8) is 0 Å². The van der Waals surface area contributed by atoms with E-state index in [9.17, 15) is 9.36 Å².